The van der Waals surface area contributed by atoms with Gasteiger partial charge in [-0.1, -0.05) is 24.3 Å². The van der Waals surface area contributed by atoms with Crippen LogP contribution in [0.4, 0.5) is 18.9 Å². The third-order valence-corrected chi connectivity index (χ3v) is 7.82. The number of hydrogen-bond donors (Lipinski definition) is 2. The summed E-state index contributed by atoms with van der Waals surface area (Å²) < 4.78 is 47.0. The third kappa shape index (κ3) is 5.43. The van der Waals surface area contributed by atoms with Gasteiger partial charge in [0.2, 0.25) is 5.91 Å². The number of anilines is 1. The van der Waals surface area contributed by atoms with E-state index in [0.717, 1.165) is 63.5 Å². The summed E-state index contributed by atoms with van der Waals surface area (Å²) in [4.78, 5) is 13.7. The van der Waals surface area contributed by atoms with Crippen molar-refractivity contribution in [3.05, 3.63) is 53.6 Å². The van der Waals surface area contributed by atoms with Crippen molar-refractivity contribution >= 4 is 11.6 Å². The van der Waals surface area contributed by atoms with Gasteiger partial charge >= 0.3 is 6.18 Å². The van der Waals surface area contributed by atoms with Gasteiger partial charge in [-0.3, -0.25) is 4.79 Å². The number of nitrogens with zero attached hydrogens (tertiary/aromatic N) is 1. The minimum Gasteiger partial charge on any atom is -0.381 e. The fourth-order valence-corrected chi connectivity index (χ4v) is 6.01. The molecule has 5 nitrogen and oxygen atoms in total. The van der Waals surface area contributed by atoms with E-state index in [1.54, 1.807) is 6.07 Å². The summed E-state index contributed by atoms with van der Waals surface area (Å²) in [5.74, 6) is 0.645. The van der Waals surface area contributed by atoms with Crippen molar-refractivity contribution in [2.24, 2.45) is 11.8 Å². The highest BCUT2D eigenvalue weighted by atomic mass is 19.4. The lowest BCUT2D eigenvalue weighted by Crippen LogP contribution is -2.48. The van der Waals surface area contributed by atoms with Crippen LogP contribution < -0.4 is 10.6 Å². The van der Waals surface area contributed by atoms with Gasteiger partial charge in [-0.2, -0.15) is 13.2 Å². The van der Waals surface area contributed by atoms with E-state index < -0.39 is 11.7 Å². The number of fused-ring (bicyclic) bond motifs is 3. The van der Waals surface area contributed by atoms with Crippen LogP contribution in [0.5, 0.6) is 0 Å². The van der Waals surface area contributed by atoms with E-state index >= 15 is 0 Å². The van der Waals surface area contributed by atoms with E-state index in [1.807, 2.05) is 11.0 Å². The first-order valence-electron chi connectivity index (χ1n) is 12.8. The average Bonchev–Trinajstić information content (AvgIpc) is 3.27. The molecule has 190 valence electrons. The number of halogens is 3. The fraction of sp³-hybridized carbons (Fsp3) is 0.593. The Morgan fingerprint density at radius 2 is 2.09 bits per heavy atom. The predicted octanol–water partition coefficient (Wildman–Crippen LogP) is 5.07. The Balaban J connectivity index is 1.25. The van der Waals surface area contributed by atoms with Crippen LogP contribution in [0.1, 0.15) is 55.8 Å². The molecule has 0 aromatic heterocycles. The normalized spacial score (nSPS) is 30.2. The molecule has 1 aromatic rings. The number of ether oxygens (including phenoxy) is 1. The number of rotatable bonds is 7. The molecule has 1 amide bonds. The monoisotopic (exact) mass is 489 g/mol. The Bertz CT molecular complexity index is 977. The number of hydrogen-bond acceptors (Lipinski definition) is 4. The number of carbonyl (C=O) groups is 1. The maximum absolute atomic E-state index is 13.5. The van der Waals surface area contributed by atoms with Crippen molar-refractivity contribution in [1.29, 1.82) is 0 Å². The molecular weight excluding hydrogens is 455 g/mol. The number of benzene rings is 1. The summed E-state index contributed by atoms with van der Waals surface area (Å²) in [6.07, 6.45) is 8.83. The van der Waals surface area contributed by atoms with Gasteiger partial charge in [0, 0.05) is 55.2 Å². The predicted molar refractivity (Wildman–Crippen MR) is 129 cm³/mol. The van der Waals surface area contributed by atoms with Gasteiger partial charge in [-0.25, -0.2) is 0 Å². The molecule has 2 saturated heterocycles. The van der Waals surface area contributed by atoms with Crippen LogP contribution in [0.3, 0.4) is 0 Å². The molecule has 0 radical (unpaired) electrons. The minimum atomic E-state index is -4.38. The molecule has 1 aromatic carbocycles. The molecule has 0 saturated carbocycles. The van der Waals surface area contributed by atoms with Crippen molar-refractivity contribution < 1.29 is 22.7 Å². The highest BCUT2D eigenvalue weighted by Gasteiger charge is 2.44. The third-order valence-electron chi connectivity index (χ3n) is 7.82. The van der Waals surface area contributed by atoms with Crippen molar-refractivity contribution in [3.8, 4) is 0 Å². The van der Waals surface area contributed by atoms with Crippen molar-refractivity contribution in [2.75, 3.05) is 31.5 Å². The molecule has 8 heteroatoms. The molecule has 3 heterocycles. The quantitative estimate of drug-likeness (QED) is 0.525. The van der Waals surface area contributed by atoms with Crippen LogP contribution in [0.15, 0.2) is 42.5 Å². The maximum atomic E-state index is 13.5. The van der Waals surface area contributed by atoms with Crippen LogP contribution in [-0.4, -0.2) is 49.1 Å². The van der Waals surface area contributed by atoms with E-state index in [4.69, 9.17) is 4.74 Å². The molecule has 2 fully saturated rings. The SMILES string of the molecule is O=C1CCCN1CCCNC[C@H]1CC[C@@H]2[C@H](O1)c1cc(C(F)(F)F)ccc1N[C@H]2C1C=CC=CC1. The highest BCUT2D eigenvalue weighted by Crippen LogP contribution is 2.49. The topological polar surface area (TPSA) is 53.6 Å². The van der Waals surface area contributed by atoms with Crippen molar-refractivity contribution in [1.82, 2.24) is 10.2 Å². The van der Waals surface area contributed by atoms with Crippen LogP contribution in [0, 0.1) is 11.8 Å². The molecule has 35 heavy (non-hydrogen) atoms. The zero-order valence-electron chi connectivity index (χ0n) is 19.9. The first kappa shape index (κ1) is 24.4. The first-order chi connectivity index (χ1) is 16.9. The molecule has 2 N–H and O–H groups in total. The molecule has 1 unspecified atom stereocenters. The summed E-state index contributed by atoms with van der Waals surface area (Å²) in [6, 6.07) is 4.12. The summed E-state index contributed by atoms with van der Waals surface area (Å²) in [6.45, 7) is 3.08. The Hall–Kier alpha value is -2.32. The number of carbonyl (C=O) groups excluding carboxylic acids is 1. The molecule has 1 aliphatic carbocycles. The molecule has 3 aliphatic heterocycles. The molecule has 0 spiro atoms. The van der Waals surface area contributed by atoms with Crippen LogP contribution >= 0.6 is 0 Å². The number of likely N-dealkylation sites (tertiary alicyclic amines) is 1. The van der Waals surface area contributed by atoms with Gasteiger partial charge in [0.1, 0.15) is 0 Å². The van der Waals surface area contributed by atoms with Gasteiger partial charge in [0.15, 0.2) is 0 Å². The van der Waals surface area contributed by atoms with E-state index in [0.29, 0.717) is 18.5 Å². The summed E-state index contributed by atoms with van der Waals surface area (Å²) in [7, 11) is 0. The van der Waals surface area contributed by atoms with Crippen molar-refractivity contribution in [2.45, 2.75) is 63.0 Å². The van der Waals surface area contributed by atoms with Gasteiger partial charge in [0.25, 0.3) is 0 Å². The molecule has 4 aliphatic rings. The fourth-order valence-electron chi connectivity index (χ4n) is 6.01. The zero-order chi connectivity index (χ0) is 24.4. The van der Waals surface area contributed by atoms with E-state index in [2.05, 4.69) is 28.9 Å². The van der Waals surface area contributed by atoms with Crippen LogP contribution in [0.25, 0.3) is 0 Å². The van der Waals surface area contributed by atoms with Crippen LogP contribution in [0.2, 0.25) is 0 Å². The molecule has 5 atom stereocenters. The Morgan fingerprint density at radius 1 is 1.20 bits per heavy atom. The number of nitrogens with one attached hydrogen (secondary N) is 2. The van der Waals surface area contributed by atoms with Gasteiger partial charge < -0.3 is 20.3 Å². The molecule has 0 bridgehead atoms. The smallest absolute Gasteiger partial charge is 0.381 e. The summed E-state index contributed by atoms with van der Waals surface area (Å²) in [5, 5.41) is 7.01. The lowest BCUT2D eigenvalue weighted by Gasteiger charge is -2.47. The maximum Gasteiger partial charge on any atom is 0.416 e. The number of amides is 1. The standard InChI is InChI=1S/C27H34F3N3O2/c28-27(29,30)19-9-12-23-22(16-19)26-21(25(32-23)18-6-2-1-3-7-18)11-10-20(35-26)17-31-13-5-15-33-14-4-8-24(33)34/h1-3,6,9,12,16,18,20-21,25-26,31-32H,4-5,7-8,10-11,13-15,17H2/t18?,20-,21+,25+,26+/m1/s1. The second kappa shape index (κ2) is 10.3. The lowest BCUT2D eigenvalue weighted by atomic mass is 9.73. The largest absolute Gasteiger partial charge is 0.416 e. The van der Waals surface area contributed by atoms with Crippen molar-refractivity contribution in [3.63, 3.8) is 0 Å². The highest BCUT2D eigenvalue weighted by molar-refractivity contribution is 5.78. The van der Waals surface area contributed by atoms with Crippen LogP contribution in [-0.2, 0) is 15.7 Å². The van der Waals surface area contributed by atoms with Gasteiger partial charge in [-0.15, -0.1) is 0 Å². The van der Waals surface area contributed by atoms with Gasteiger partial charge in [-0.05, 0) is 56.8 Å². The Kier molecular flexibility index (Phi) is 7.21. The molecule has 5 rings (SSSR count). The first-order valence-corrected chi connectivity index (χ1v) is 12.8. The van der Waals surface area contributed by atoms with Gasteiger partial charge in [0.05, 0.1) is 17.8 Å². The van der Waals surface area contributed by atoms with E-state index in [1.165, 1.54) is 6.07 Å². The Morgan fingerprint density at radius 3 is 2.83 bits per heavy atom. The second-order valence-electron chi connectivity index (χ2n) is 10.1. The second-order valence-corrected chi connectivity index (χ2v) is 10.1. The number of allylic oxidation sites excluding steroid dienone is 3. The summed E-state index contributed by atoms with van der Waals surface area (Å²) >= 11 is 0. The number of alkyl halides is 3. The Labute approximate surface area is 204 Å². The molecular formula is C27H34F3N3O2. The zero-order valence-corrected chi connectivity index (χ0v) is 19.9. The average molecular weight is 490 g/mol. The van der Waals surface area contributed by atoms with E-state index in [-0.39, 0.29) is 36.0 Å². The lowest BCUT2D eigenvalue weighted by molar-refractivity contribution is -0.138. The summed E-state index contributed by atoms with van der Waals surface area (Å²) in [5.41, 5.74) is 0.737. The minimum absolute atomic E-state index is 0.0485. The van der Waals surface area contributed by atoms with E-state index in [9.17, 15) is 18.0 Å².